The molecule has 196 valence electrons. The number of amides is 1. The highest BCUT2D eigenvalue weighted by molar-refractivity contribution is 6.02. The first-order chi connectivity index (χ1) is 18.8. The van der Waals surface area contributed by atoms with Crippen LogP contribution in [0.3, 0.4) is 0 Å². The number of aryl methyl sites for hydroxylation is 1. The summed E-state index contributed by atoms with van der Waals surface area (Å²) in [7, 11) is 0. The van der Waals surface area contributed by atoms with Crippen LogP contribution in [0.15, 0.2) is 103 Å². The van der Waals surface area contributed by atoms with Gasteiger partial charge in [-0.25, -0.2) is 4.79 Å². The average Bonchev–Trinajstić information content (AvgIpc) is 2.95. The highest BCUT2D eigenvalue weighted by atomic mass is 16.6. The number of hydrogen-bond acceptors (Lipinski definition) is 7. The van der Waals surface area contributed by atoms with E-state index in [0.29, 0.717) is 17.0 Å². The maximum Gasteiger partial charge on any atom is 0.339 e. The van der Waals surface area contributed by atoms with Crippen molar-refractivity contribution in [3.05, 3.63) is 135 Å². The van der Waals surface area contributed by atoms with Crippen molar-refractivity contribution in [2.45, 2.75) is 13.0 Å². The van der Waals surface area contributed by atoms with Crippen LogP contribution in [0.25, 0.3) is 0 Å². The Kier molecular flexibility index (Phi) is 8.43. The predicted octanol–water partition coefficient (Wildman–Crippen LogP) is 5.70. The minimum absolute atomic E-state index is 0.0976. The number of hydrogen-bond donors (Lipinski definition) is 1. The molecular formula is C30H24N2O7. The Balaban J connectivity index is 1.49. The second-order valence-corrected chi connectivity index (χ2v) is 8.55. The fourth-order valence-electron chi connectivity index (χ4n) is 3.76. The molecule has 0 heterocycles. The van der Waals surface area contributed by atoms with Crippen LogP contribution in [0.2, 0.25) is 0 Å². The number of esters is 1. The van der Waals surface area contributed by atoms with E-state index in [1.54, 1.807) is 48.5 Å². The van der Waals surface area contributed by atoms with Gasteiger partial charge in [0.15, 0.2) is 12.7 Å². The molecule has 1 amide bonds. The standard InChI is InChI=1S/C30H24N2O7/c1-20-8-5-6-13-26(20)38-19-27(33)31-24-12-7-11-23(18-24)30(35)39-29(28(34)21-9-3-2-4-10-21)22-14-16-25(17-15-22)32(36)37/h2-18,29H,19H2,1H3,(H,31,33)/t29-/m1/s1. The van der Waals surface area contributed by atoms with E-state index in [9.17, 15) is 24.5 Å². The summed E-state index contributed by atoms with van der Waals surface area (Å²) in [5.74, 6) is -1.14. The Morgan fingerprint density at radius 1 is 0.846 bits per heavy atom. The van der Waals surface area contributed by atoms with Gasteiger partial charge >= 0.3 is 5.97 Å². The molecule has 4 aromatic carbocycles. The van der Waals surface area contributed by atoms with E-state index in [2.05, 4.69) is 5.32 Å². The lowest BCUT2D eigenvalue weighted by Crippen LogP contribution is -2.21. The van der Waals surface area contributed by atoms with Crippen molar-refractivity contribution < 1.29 is 28.8 Å². The van der Waals surface area contributed by atoms with Crippen molar-refractivity contribution in [2.24, 2.45) is 0 Å². The molecule has 1 atom stereocenters. The average molecular weight is 525 g/mol. The Morgan fingerprint density at radius 3 is 2.21 bits per heavy atom. The molecule has 0 bridgehead atoms. The van der Waals surface area contributed by atoms with E-state index in [0.717, 1.165) is 5.56 Å². The molecule has 4 rings (SSSR count). The number of nitrogens with zero attached hydrogens (tertiary/aromatic N) is 1. The number of Topliss-reactive ketones (excluding diaryl/α,β-unsaturated/α-hetero) is 1. The summed E-state index contributed by atoms with van der Waals surface area (Å²) in [4.78, 5) is 49.3. The molecular weight excluding hydrogens is 500 g/mol. The number of anilines is 1. The van der Waals surface area contributed by atoms with Crippen LogP contribution in [0, 0.1) is 17.0 Å². The Morgan fingerprint density at radius 2 is 1.51 bits per heavy atom. The number of carbonyl (C=O) groups excluding carboxylic acids is 3. The number of rotatable bonds is 10. The minimum Gasteiger partial charge on any atom is -0.483 e. The molecule has 0 unspecified atom stereocenters. The molecule has 0 aliphatic rings. The van der Waals surface area contributed by atoms with Crippen LogP contribution in [-0.2, 0) is 9.53 Å². The van der Waals surface area contributed by atoms with Crippen LogP contribution in [0.4, 0.5) is 11.4 Å². The smallest absolute Gasteiger partial charge is 0.339 e. The Bertz CT molecular complexity index is 1500. The second-order valence-electron chi connectivity index (χ2n) is 8.55. The zero-order valence-corrected chi connectivity index (χ0v) is 20.9. The molecule has 9 heteroatoms. The van der Waals surface area contributed by atoms with Gasteiger partial charge in [-0.05, 0) is 48.9 Å². The Hall–Kier alpha value is -5.31. The molecule has 0 spiro atoms. The SMILES string of the molecule is Cc1ccccc1OCC(=O)Nc1cccc(C(=O)O[C@@H](C(=O)c2ccccc2)c2ccc([N+](=O)[O-])cc2)c1. The summed E-state index contributed by atoms with van der Waals surface area (Å²) in [6, 6.07) is 26.9. The normalized spacial score (nSPS) is 11.2. The molecule has 0 aliphatic heterocycles. The third-order valence-corrected chi connectivity index (χ3v) is 5.76. The topological polar surface area (TPSA) is 125 Å². The third-order valence-electron chi connectivity index (χ3n) is 5.76. The van der Waals surface area contributed by atoms with Crippen LogP contribution in [0.5, 0.6) is 5.75 Å². The van der Waals surface area contributed by atoms with Crippen LogP contribution >= 0.6 is 0 Å². The number of ether oxygens (including phenoxy) is 2. The molecule has 39 heavy (non-hydrogen) atoms. The second kappa shape index (κ2) is 12.3. The van der Waals surface area contributed by atoms with Crippen molar-refractivity contribution >= 4 is 29.0 Å². The summed E-state index contributed by atoms with van der Waals surface area (Å²) >= 11 is 0. The number of nitro groups is 1. The molecule has 0 radical (unpaired) electrons. The van der Waals surface area contributed by atoms with Gasteiger partial charge in [-0.15, -0.1) is 0 Å². The molecule has 4 aromatic rings. The summed E-state index contributed by atoms with van der Waals surface area (Å²) in [6.07, 6.45) is -1.35. The molecule has 0 aromatic heterocycles. The number of non-ortho nitro benzene ring substituents is 1. The van der Waals surface area contributed by atoms with E-state index < -0.39 is 28.7 Å². The molecule has 1 N–H and O–H groups in total. The van der Waals surface area contributed by atoms with E-state index in [-0.39, 0.29) is 23.4 Å². The van der Waals surface area contributed by atoms with E-state index in [4.69, 9.17) is 9.47 Å². The maximum atomic E-state index is 13.3. The molecule has 0 fully saturated rings. The number of carbonyl (C=O) groups is 3. The first kappa shape index (κ1) is 26.7. The zero-order valence-electron chi connectivity index (χ0n) is 20.9. The van der Waals surface area contributed by atoms with E-state index >= 15 is 0 Å². The minimum atomic E-state index is -1.35. The van der Waals surface area contributed by atoms with Crippen molar-refractivity contribution in [3.63, 3.8) is 0 Å². The predicted molar refractivity (Wildman–Crippen MR) is 144 cm³/mol. The lowest BCUT2D eigenvalue weighted by molar-refractivity contribution is -0.384. The highest BCUT2D eigenvalue weighted by Gasteiger charge is 2.27. The summed E-state index contributed by atoms with van der Waals surface area (Å²) < 4.78 is 11.2. The van der Waals surface area contributed by atoms with Gasteiger partial charge in [-0.2, -0.15) is 0 Å². The van der Waals surface area contributed by atoms with Crippen LogP contribution in [0.1, 0.15) is 37.9 Å². The molecule has 9 nitrogen and oxygen atoms in total. The van der Waals surface area contributed by atoms with Gasteiger partial charge in [0, 0.05) is 28.9 Å². The lowest BCUT2D eigenvalue weighted by Gasteiger charge is -2.18. The molecule has 0 saturated carbocycles. The fraction of sp³-hybridized carbons (Fsp3) is 0.100. The van der Waals surface area contributed by atoms with E-state index in [1.807, 2.05) is 25.1 Å². The first-order valence-corrected chi connectivity index (χ1v) is 11.9. The maximum absolute atomic E-state index is 13.3. The van der Waals surface area contributed by atoms with Gasteiger partial charge in [-0.3, -0.25) is 19.7 Å². The highest BCUT2D eigenvalue weighted by Crippen LogP contribution is 2.26. The van der Waals surface area contributed by atoms with Crippen molar-refractivity contribution in [3.8, 4) is 5.75 Å². The first-order valence-electron chi connectivity index (χ1n) is 11.9. The Labute approximate surface area is 224 Å². The van der Waals surface area contributed by atoms with Crippen molar-refractivity contribution in [1.82, 2.24) is 0 Å². The summed E-state index contributed by atoms with van der Waals surface area (Å²) in [5, 5.41) is 13.7. The van der Waals surface area contributed by atoms with Gasteiger partial charge in [0.2, 0.25) is 5.78 Å². The zero-order chi connectivity index (χ0) is 27.8. The number of nitrogens with one attached hydrogen (secondary N) is 1. The lowest BCUT2D eigenvalue weighted by atomic mass is 9.99. The van der Waals surface area contributed by atoms with Crippen LogP contribution < -0.4 is 10.1 Å². The van der Waals surface area contributed by atoms with Gasteiger partial charge in [-0.1, -0.05) is 54.6 Å². The van der Waals surface area contributed by atoms with E-state index in [1.165, 1.54) is 36.4 Å². The fourth-order valence-corrected chi connectivity index (χ4v) is 3.76. The largest absolute Gasteiger partial charge is 0.483 e. The van der Waals surface area contributed by atoms with Gasteiger partial charge in [0.25, 0.3) is 11.6 Å². The van der Waals surface area contributed by atoms with Crippen molar-refractivity contribution in [2.75, 3.05) is 11.9 Å². The number of ketones is 1. The van der Waals surface area contributed by atoms with Crippen LogP contribution in [-0.4, -0.2) is 29.2 Å². The summed E-state index contributed by atoms with van der Waals surface area (Å²) in [5.41, 5.74) is 1.75. The quantitative estimate of drug-likeness (QED) is 0.122. The monoisotopic (exact) mass is 524 g/mol. The number of benzene rings is 4. The van der Waals surface area contributed by atoms with Gasteiger partial charge in [0.1, 0.15) is 5.75 Å². The number of nitro benzene ring substituents is 1. The molecule has 0 saturated heterocycles. The number of para-hydroxylation sites is 1. The van der Waals surface area contributed by atoms with Gasteiger partial charge in [0.05, 0.1) is 10.5 Å². The van der Waals surface area contributed by atoms with Gasteiger partial charge < -0.3 is 14.8 Å². The third kappa shape index (κ3) is 6.92. The molecule has 0 aliphatic carbocycles. The van der Waals surface area contributed by atoms with Crippen molar-refractivity contribution in [1.29, 1.82) is 0 Å². The summed E-state index contributed by atoms with van der Waals surface area (Å²) in [6.45, 7) is 1.64.